The third-order valence-corrected chi connectivity index (χ3v) is 3.63. The van der Waals surface area contributed by atoms with E-state index in [9.17, 15) is 8.78 Å². The Balaban J connectivity index is 2.58. The molecule has 0 fully saturated rings. The van der Waals surface area contributed by atoms with Crippen LogP contribution in [0.25, 0.3) is 0 Å². The van der Waals surface area contributed by atoms with E-state index in [1.54, 1.807) is 13.0 Å². The van der Waals surface area contributed by atoms with Gasteiger partial charge >= 0.3 is 0 Å². The van der Waals surface area contributed by atoms with Crippen LogP contribution in [0.1, 0.15) is 44.7 Å². The summed E-state index contributed by atoms with van der Waals surface area (Å²) >= 11 is 0. The Morgan fingerprint density at radius 3 is 2.42 bits per heavy atom. The van der Waals surface area contributed by atoms with Crippen LogP contribution in [0.3, 0.4) is 0 Å². The van der Waals surface area contributed by atoms with Crippen molar-refractivity contribution in [1.29, 1.82) is 0 Å². The Hall–Kier alpha value is -0.960. The van der Waals surface area contributed by atoms with Crippen molar-refractivity contribution >= 4 is 0 Å². The van der Waals surface area contributed by atoms with E-state index in [0.717, 1.165) is 32.0 Å². The van der Waals surface area contributed by atoms with Crippen LogP contribution in [0.2, 0.25) is 0 Å². The quantitative estimate of drug-likeness (QED) is 0.730. The lowest BCUT2D eigenvalue weighted by atomic mass is 9.83. The molecule has 0 aliphatic carbocycles. The van der Waals surface area contributed by atoms with Crippen molar-refractivity contribution in [3.63, 3.8) is 0 Å². The zero-order valence-electron chi connectivity index (χ0n) is 12.4. The standard InChI is InChI=1S/C16H25F2N/c1-5-19-9-8-16(3,4)7-6-13-10-12(2)14(17)11-15(13)18/h10-11,19H,5-9H2,1-4H3. The van der Waals surface area contributed by atoms with Crippen molar-refractivity contribution < 1.29 is 8.78 Å². The maximum absolute atomic E-state index is 13.7. The summed E-state index contributed by atoms with van der Waals surface area (Å²) in [6, 6.07) is 2.63. The van der Waals surface area contributed by atoms with Gasteiger partial charge in [0, 0.05) is 6.07 Å². The summed E-state index contributed by atoms with van der Waals surface area (Å²) in [5, 5.41) is 3.31. The minimum Gasteiger partial charge on any atom is -0.317 e. The number of nitrogens with one attached hydrogen (secondary N) is 1. The van der Waals surface area contributed by atoms with E-state index in [2.05, 4.69) is 26.1 Å². The highest BCUT2D eigenvalue weighted by atomic mass is 19.1. The Bertz CT molecular complexity index is 413. The number of hydrogen-bond donors (Lipinski definition) is 1. The Morgan fingerprint density at radius 2 is 1.79 bits per heavy atom. The predicted molar refractivity (Wildman–Crippen MR) is 76.4 cm³/mol. The maximum atomic E-state index is 13.7. The van der Waals surface area contributed by atoms with Crippen LogP contribution in [-0.2, 0) is 6.42 Å². The fourth-order valence-corrected chi connectivity index (χ4v) is 2.11. The molecule has 0 bridgehead atoms. The summed E-state index contributed by atoms with van der Waals surface area (Å²) in [6.07, 6.45) is 2.62. The molecule has 0 spiro atoms. The average molecular weight is 269 g/mol. The molecule has 0 amide bonds. The minimum absolute atomic E-state index is 0.164. The molecule has 3 heteroatoms. The first-order valence-electron chi connectivity index (χ1n) is 7.01. The molecule has 0 unspecified atom stereocenters. The lowest BCUT2D eigenvalue weighted by Crippen LogP contribution is -2.22. The van der Waals surface area contributed by atoms with Crippen molar-refractivity contribution in [3.05, 3.63) is 34.9 Å². The van der Waals surface area contributed by atoms with Gasteiger partial charge < -0.3 is 5.32 Å². The van der Waals surface area contributed by atoms with Crippen LogP contribution in [0.4, 0.5) is 8.78 Å². The molecule has 1 aromatic carbocycles. The van der Waals surface area contributed by atoms with Crippen LogP contribution >= 0.6 is 0 Å². The largest absolute Gasteiger partial charge is 0.317 e. The van der Waals surface area contributed by atoms with E-state index >= 15 is 0 Å². The molecular weight excluding hydrogens is 244 g/mol. The zero-order chi connectivity index (χ0) is 14.5. The fourth-order valence-electron chi connectivity index (χ4n) is 2.11. The SMILES string of the molecule is CCNCCC(C)(C)CCc1cc(C)c(F)cc1F. The van der Waals surface area contributed by atoms with Gasteiger partial charge in [-0.1, -0.05) is 26.8 Å². The van der Waals surface area contributed by atoms with E-state index < -0.39 is 11.6 Å². The van der Waals surface area contributed by atoms with Gasteiger partial charge in [-0.15, -0.1) is 0 Å². The van der Waals surface area contributed by atoms with Gasteiger partial charge in [0.15, 0.2) is 0 Å². The number of aryl methyl sites for hydroxylation is 2. The second-order valence-electron chi connectivity index (χ2n) is 5.96. The highest BCUT2D eigenvalue weighted by molar-refractivity contribution is 5.25. The van der Waals surface area contributed by atoms with Crippen LogP contribution in [-0.4, -0.2) is 13.1 Å². The van der Waals surface area contributed by atoms with Gasteiger partial charge in [-0.3, -0.25) is 0 Å². The molecule has 0 saturated carbocycles. The van der Waals surface area contributed by atoms with E-state index in [0.29, 0.717) is 17.5 Å². The first-order valence-corrected chi connectivity index (χ1v) is 7.01. The van der Waals surface area contributed by atoms with E-state index in [-0.39, 0.29) is 5.41 Å². The lowest BCUT2D eigenvalue weighted by molar-refractivity contribution is 0.302. The van der Waals surface area contributed by atoms with Gasteiger partial charge in [0.2, 0.25) is 0 Å². The first-order chi connectivity index (χ1) is 8.85. The number of halogens is 2. The molecule has 1 aromatic rings. The molecule has 0 atom stereocenters. The monoisotopic (exact) mass is 269 g/mol. The summed E-state index contributed by atoms with van der Waals surface area (Å²) in [4.78, 5) is 0. The molecule has 0 heterocycles. The summed E-state index contributed by atoms with van der Waals surface area (Å²) in [7, 11) is 0. The summed E-state index contributed by atoms with van der Waals surface area (Å²) in [6.45, 7) is 10.1. The van der Waals surface area contributed by atoms with Crippen LogP contribution in [0.5, 0.6) is 0 Å². The second-order valence-corrected chi connectivity index (χ2v) is 5.96. The van der Waals surface area contributed by atoms with Gasteiger partial charge in [0.05, 0.1) is 0 Å². The lowest BCUT2D eigenvalue weighted by Gasteiger charge is -2.25. The number of hydrogen-bond acceptors (Lipinski definition) is 1. The van der Waals surface area contributed by atoms with Crippen molar-refractivity contribution in [1.82, 2.24) is 5.32 Å². The second kappa shape index (κ2) is 6.99. The minimum atomic E-state index is -0.465. The third-order valence-electron chi connectivity index (χ3n) is 3.63. The predicted octanol–water partition coefficient (Wildman–Crippen LogP) is 4.23. The molecule has 0 saturated heterocycles. The van der Waals surface area contributed by atoms with Crippen molar-refractivity contribution in [2.24, 2.45) is 5.41 Å². The number of benzene rings is 1. The van der Waals surface area contributed by atoms with Gasteiger partial charge in [0.1, 0.15) is 11.6 Å². The molecule has 0 radical (unpaired) electrons. The van der Waals surface area contributed by atoms with Gasteiger partial charge in [0.25, 0.3) is 0 Å². The van der Waals surface area contributed by atoms with Crippen molar-refractivity contribution in [2.75, 3.05) is 13.1 Å². The molecule has 1 N–H and O–H groups in total. The van der Waals surface area contributed by atoms with E-state index in [4.69, 9.17) is 0 Å². The third kappa shape index (κ3) is 5.27. The van der Waals surface area contributed by atoms with Gasteiger partial charge in [-0.05, 0) is 55.8 Å². The smallest absolute Gasteiger partial charge is 0.129 e. The zero-order valence-corrected chi connectivity index (χ0v) is 12.4. The van der Waals surface area contributed by atoms with Crippen molar-refractivity contribution in [2.45, 2.75) is 47.0 Å². The highest BCUT2D eigenvalue weighted by Crippen LogP contribution is 2.27. The molecule has 0 aliphatic rings. The summed E-state index contributed by atoms with van der Waals surface area (Å²) in [5.74, 6) is -0.891. The normalized spacial score (nSPS) is 11.9. The number of rotatable bonds is 7. The summed E-state index contributed by atoms with van der Waals surface area (Å²) in [5.41, 5.74) is 1.30. The molecular formula is C16H25F2N. The molecule has 1 rings (SSSR count). The van der Waals surface area contributed by atoms with Crippen LogP contribution < -0.4 is 5.32 Å². The highest BCUT2D eigenvalue weighted by Gasteiger charge is 2.18. The molecule has 0 aliphatic heterocycles. The van der Waals surface area contributed by atoms with Gasteiger partial charge in [-0.2, -0.15) is 0 Å². The Labute approximate surface area is 115 Å². The van der Waals surface area contributed by atoms with E-state index in [1.165, 1.54) is 0 Å². The first kappa shape index (κ1) is 16.1. The van der Waals surface area contributed by atoms with Crippen LogP contribution in [0, 0.1) is 24.0 Å². The topological polar surface area (TPSA) is 12.0 Å². The Kier molecular flexibility index (Phi) is 5.92. The molecule has 0 aromatic heterocycles. The molecule has 1 nitrogen and oxygen atoms in total. The van der Waals surface area contributed by atoms with Crippen molar-refractivity contribution in [3.8, 4) is 0 Å². The van der Waals surface area contributed by atoms with E-state index in [1.807, 2.05) is 0 Å². The average Bonchev–Trinajstić information content (AvgIpc) is 2.32. The fraction of sp³-hybridized carbons (Fsp3) is 0.625. The molecule has 19 heavy (non-hydrogen) atoms. The van der Waals surface area contributed by atoms with Gasteiger partial charge in [-0.25, -0.2) is 8.78 Å². The molecule has 108 valence electrons. The maximum Gasteiger partial charge on any atom is 0.129 e. The van der Waals surface area contributed by atoms with Crippen LogP contribution in [0.15, 0.2) is 12.1 Å². The Morgan fingerprint density at radius 1 is 1.11 bits per heavy atom. The summed E-state index contributed by atoms with van der Waals surface area (Å²) < 4.78 is 26.9.